The summed E-state index contributed by atoms with van der Waals surface area (Å²) in [6.07, 6.45) is 1.39. The monoisotopic (exact) mass is 502 g/mol. The summed E-state index contributed by atoms with van der Waals surface area (Å²) in [6, 6.07) is 26.1. The molecule has 35 heavy (non-hydrogen) atoms. The zero-order valence-corrected chi connectivity index (χ0v) is 21.1. The van der Waals surface area contributed by atoms with Gasteiger partial charge in [-0.1, -0.05) is 90.1 Å². The Morgan fingerprint density at radius 1 is 1.00 bits per heavy atom. The van der Waals surface area contributed by atoms with Crippen molar-refractivity contribution < 1.29 is 4.79 Å². The van der Waals surface area contributed by atoms with E-state index in [0.29, 0.717) is 31.0 Å². The van der Waals surface area contributed by atoms with E-state index in [4.69, 9.17) is 21.6 Å². The van der Waals surface area contributed by atoms with Crippen molar-refractivity contribution in [2.45, 2.75) is 31.2 Å². The number of hydrogen-bond acceptors (Lipinski definition) is 4. The van der Waals surface area contributed by atoms with E-state index in [1.54, 1.807) is 17.8 Å². The van der Waals surface area contributed by atoms with Gasteiger partial charge in [0.15, 0.2) is 5.66 Å². The third-order valence-corrected chi connectivity index (χ3v) is 7.66. The number of anilines is 1. The van der Waals surface area contributed by atoms with Gasteiger partial charge in [-0.25, -0.2) is 9.79 Å². The molecule has 2 heterocycles. The Bertz CT molecular complexity index is 1270. The normalized spacial score (nSPS) is 16.7. The zero-order chi connectivity index (χ0) is 24.3. The minimum absolute atomic E-state index is 0.113. The lowest BCUT2D eigenvalue weighted by molar-refractivity contribution is 0.175. The van der Waals surface area contributed by atoms with Crippen LogP contribution in [0.5, 0.6) is 0 Å². The van der Waals surface area contributed by atoms with Crippen molar-refractivity contribution in [1.29, 1.82) is 0 Å². The number of carbonyl (C=O) groups excluding carboxylic acids is 1. The zero-order valence-electron chi connectivity index (χ0n) is 19.6. The quantitative estimate of drug-likeness (QED) is 0.426. The number of carbonyl (C=O) groups is 1. The van der Waals surface area contributed by atoms with E-state index in [0.717, 1.165) is 33.3 Å². The maximum atomic E-state index is 12.9. The molecule has 0 atom stereocenters. The molecule has 0 radical (unpaired) electrons. The molecule has 5 nitrogen and oxygen atoms in total. The second kappa shape index (κ2) is 10.3. The molecule has 2 aliphatic heterocycles. The maximum Gasteiger partial charge on any atom is 0.321 e. The molecule has 1 spiro atoms. The Morgan fingerprint density at radius 2 is 1.69 bits per heavy atom. The average Bonchev–Trinajstić information content (AvgIpc) is 3.24. The summed E-state index contributed by atoms with van der Waals surface area (Å²) in [7, 11) is 0. The predicted molar refractivity (Wildman–Crippen MR) is 147 cm³/mol. The van der Waals surface area contributed by atoms with E-state index in [-0.39, 0.29) is 6.03 Å². The van der Waals surface area contributed by atoms with Gasteiger partial charge in [-0.3, -0.25) is 4.99 Å². The largest absolute Gasteiger partial charge is 0.324 e. The summed E-state index contributed by atoms with van der Waals surface area (Å²) < 4.78 is 0. The molecule has 0 saturated carbocycles. The van der Waals surface area contributed by atoms with Gasteiger partial charge in [-0.15, -0.1) is 0 Å². The number of nitrogens with zero attached hydrogens (tertiary/aromatic N) is 3. The first-order valence-corrected chi connectivity index (χ1v) is 13.1. The second-order valence-corrected chi connectivity index (χ2v) is 10.3. The van der Waals surface area contributed by atoms with Crippen LogP contribution in [0.3, 0.4) is 0 Å². The molecule has 3 aromatic rings. The molecule has 1 N–H and O–H groups in total. The van der Waals surface area contributed by atoms with Gasteiger partial charge in [0.25, 0.3) is 0 Å². The minimum Gasteiger partial charge on any atom is -0.324 e. The van der Waals surface area contributed by atoms with Crippen molar-refractivity contribution in [3.63, 3.8) is 0 Å². The first-order valence-electron chi connectivity index (χ1n) is 11.8. The van der Waals surface area contributed by atoms with Crippen molar-refractivity contribution in [3.8, 4) is 0 Å². The molecule has 2 amide bonds. The van der Waals surface area contributed by atoms with E-state index < -0.39 is 5.66 Å². The maximum absolute atomic E-state index is 12.9. The first-order chi connectivity index (χ1) is 17.0. The predicted octanol–water partition coefficient (Wildman–Crippen LogP) is 6.81. The van der Waals surface area contributed by atoms with Crippen LogP contribution in [0.25, 0.3) is 0 Å². The van der Waals surface area contributed by atoms with Gasteiger partial charge in [0.05, 0.1) is 5.71 Å². The number of nitrogens with one attached hydrogen (secondary N) is 1. The fourth-order valence-electron chi connectivity index (χ4n) is 4.35. The van der Waals surface area contributed by atoms with Crippen molar-refractivity contribution in [2.75, 3.05) is 18.4 Å². The third-order valence-electron chi connectivity index (χ3n) is 6.39. The van der Waals surface area contributed by atoms with E-state index >= 15 is 0 Å². The van der Waals surface area contributed by atoms with Crippen LogP contribution in [0.15, 0.2) is 88.8 Å². The van der Waals surface area contributed by atoms with E-state index in [1.807, 2.05) is 48.2 Å². The molecule has 0 aliphatic carbocycles. The molecule has 0 aromatic heterocycles. The standard InChI is InChI=1S/C28H27ClN4OS/c1-20-12-13-23(29)18-24(20)30-27(34)33-16-14-28(15-17-33)31-25(22-10-6-3-7-11-22)26(32-28)35-19-21-8-4-2-5-9-21/h2-13,18H,14-17,19H2,1H3,(H,30,34). The van der Waals surface area contributed by atoms with E-state index in [9.17, 15) is 4.79 Å². The second-order valence-electron chi connectivity index (χ2n) is 8.88. The minimum atomic E-state index is -0.507. The number of amides is 2. The van der Waals surface area contributed by atoms with Gasteiger partial charge < -0.3 is 10.2 Å². The average molecular weight is 503 g/mol. The number of hydrogen-bond donors (Lipinski definition) is 1. The number of likely N-dealkylation sites (tertiary alicyclic amines) is 1. The fraction of sp³-hybridized carbons (Fsp3) is 0.250. The SMILES string of the molecule is Cc1ccc(Cl)cc1NC(=O)N1CCC2(CC1)N=C(SCc1ccccc1)C(c1ccccc1)=N2. The molecule has 1 fully saturated rings. The van der Waals surface area contributed by atoms with Crippen LogP contribution in [0.1, 0.15) is 29.5 Å². The van der Waals surface area contributed by atoms with Gasteiger partial charge in [0.2, 0.25) is 0 Å². The summed E-state index contributed by atoms with van der Waals surface area (Å²) in [4.78, 5) is 25.1. The molecule has 3 aromatic carbocycles. The van der Waals surface area contributed by atoms with Crippen molar-refractivity contribution in [2.24, 2.45) is 9.98 Å². The summed E-state index contributed by atoms with van der Waals surface area (Å²) in [5, 5.41) is 4.59. The number of aliphatic imine (C=N–C) groups is 2. The molecular weight excluding hydrogens is 476 g/mol. The van der Waals surface area contributed by atoms with Crippen LogP contribution in [0.4, 0.5) is 10.5 Å². The number of thioether (sulfide) groups is 1. The van der Waals surface area contributed by atoms with E-state index in [1.165, 1.54) is 5.56 Å². The number of benzene rings is 3. The smallest absolute Gasteiger partial charge is 0.321 e. The lowest BCUT2D eigenvalue weighted by atomic mass is 9.98. The molecule has 2 aliphatic rings. The summed E-state index contributed by atoms with van der Waals surface area (Å²) in [6.45, 7) is 3.15. The summed E-state index contributed by atoms with van der Waals surface area (Å²) >= 11 is 7.85. The number of rotatable bonds is 4. The summed E-state index contributed by atoms with van der Waals surface area (Å²) in [5.41, 5.74) is 4.52. The van der Waals surface area contributed by atoms with Crippen molar-refractivity contribution >= 4 is 45.8 Å². The lowest BCUT2D eigenvalue weighted by Crippen LogP contribution is -2.46. The van der Waals surface area contributed by atoms with Gasteiger partial charge in [-0.2, -0.15) is 0 Å². The highest BCUT2D eigenvalue weighted by molar-refractivity contribution is 8.15. The topological polar surface area (TPSA) is 57.1 Å². The molecule has 5 rings (SSSR count). The fourth-order valence-corrected chi connectivity index (χ4v) is 5.55. The Kier molecular flexibility index (Phi) is 6.93. The van der Waals surface area contributed by atoms with Crippen LogP contribution in [0, 0.1) is 6.92 Å². The molecule has 7 heteroatoms. The lowest BCUT2D eigenvalue weighted by Gasteiger charge is -2.35. The molecule has 0 unspecified atom stereocenters. The first kappa shape index (κ1) is 23.6. The Hall–Kier alpha value is -3.09. The summed E-state index contributed by atoms with van der Waals surface area (Å²) in [5.74, 6) is 0.842. The van der Waals surface area contributed by atoms with Crippen LogP contribution >= 0.6 is 23.4 Å². The van der Waals surface area contributed by atoms with Crippen molar-refractivity contribution in [1.82, 2.24) is 4.90 Å². The van der Waals surface area contributed by atoms with Crippen LogP contribution < -0.4 is 5.32 Å². The van der Waals surface area contributed by atoms with Gasteiger partial charge in [0, 0.05) is 48.0 Å². The van der Waals surface area contributed by atoms with E-state index in [2.05, 4.69) is 41.7 Å². The van der Waals surface area contributed by atoms with Gasteiger partial charge in [0.1, 0.15) is 5.04 Å². The highest BCUT2D eigenvalue weighted by atomic mass is 35.5. The Morgan fingerprint density at radius 3 is 2.40 bits per heavy atom. The highest BCUT2D eigenvalue weighted by Gasteiger charge is 2.40. The van der Waals surface area contributed by atoms with Crippen LogP contribution in [-0.4, -0.2) is 40.4 Å². The number of aryl methyl sites for hydroxylation is 1. The van der Waals surface area contributed by atoms with Gasteiger partial charge >= 0.3 is 6.03 Å². The molecule has 1 saturated heterocycles. The number of piperidine rings is 1. The molecule has 178 valence electrons. The van der Waals surface area contributed by atoms with Crippen LogP contribution in [0.2, 0.25) is 5.02 Å². The molecule has 0 bridgehead atoms. The molecular formula is C28H27ClN4OS. The van der Waals surface area contributed by atoms with Crippen LogP contribution in [-0.2, 0) is 5.75 Å². The number of halogens is 1. The van der Waals surface area contributed by atoms with Gasteiger partial charge in [-0.05, 0) is 30.2 Å². The Labute approximate surface area is 215 Å². The Balaban J connectivity index is 1.31. The third kappa shape index (κ3) is 5.44. The van der Waals surface area contributed by atoms with Crippen molar-refractivity contribution in [3.05, 3.63) is 101 Å². The highest BCUT2D eigenvalue weighted by Crippen LogP contribution is 2.36. The number of urea groups is 1.